The number of hydrogen-bond acceptors (Lipinski definition) is 6. The molecule has 1 N–H and O–H groups in total. The van der Waals surface area contributed by atoms with Gasteiger partial charge in [0.05, 0.1) is 43.7 Å². The number of carbonyl (C=O) groups is 2. The highest BCUT2D eigenvalue weighted by molar-refractivity contribution is 6.04. The van der Waals surface area contributed by atoms with Gasteiger partial charge < -0.3 is 19.9 Å². The molecule has 5 rings (SSSR count). The Morgan fingerprint density at radius 3 is 2.77 bits per heavy atom. The second-order valence-corrected chi connectivity index (χ2v) is 7.54. The van der Waals surface area contributed by atoms with Gasteiger partial charge in [0.25, 0.3) is 5.91 Å². The molecule has 4 heterocycles. The van der Waals surface area contributed by atoms with Gasteiger partial charge in [-0.25, -0.2) is 4.98 Å². The van der Waals surface area contributed by atoms with E-state index in [1.54, 1.807) is 35.4 Å². The molecule has 1 aromatic carbocycles. The minimum Gasteiger partial charge on any atom is -0.497 e. The summed E-state index contributed by atoms with van der Waals surface area (Å²) in [6.07, 6.45) is 3.30. The number of hydrogen-bond donors (Lipinski definition) is 1. The summed E-state index contributed by atoms with van der Waals surface area (Å²) in [6.45, 7) is 1.54. The number of fused-ring (bicyclic) bond motifs is 2. The molecule has 31 heavy (non-hydrogen) atoms. The molecule has 0 atom stereocenters. The number of rotatable bonds is 4. The Morgan fingerprint density at radius 1 is 1.16 bits per heavy atom. The quantitative estimate of drug-likeness (QED) is 0.705. The maximum Gasteiger partial charge on any atom is 0.256 e. The molecule has 0 spiro atoms. The molecule has 8 heteroatoms. The highest BCUT2D eigenvalue weighted by Crippen LogP contribution is 2.31. The summed E-state index contributed by atoms with van der Waals surface area (Å²) in [5, 5.41) is 3.04. The Kier molecular flexibility index (Phi) is 4.74. The Labute approximate surface area is 179 Å². The second-order valence-electron chi connectivity index (χ2n) is 7.54. The summed E-state index contributed by atoms with van der Waals surface area (Å²) < 4.78 is 5.20. The van der Waals surface area contributed by atoms with Crippen molar-refractivity contribution >= 4 is 23.3 Å². The molecular formula is C23H21N5O3. The van der Waals surface area contributed by atoms with Gasteiger partial charge in [0.1, 0.15) is 5.75 Å². The van der Waals surface area contributed by atoms with Gasteiger partial charge in [-0.05, 0) is 35.4 Å². The summed E-state index contributed by atoms with van der Waals surface area (Å²) in [4.78, 5) is 38.0. The van der Waals surface area contributed by atoms with Crippen LogP contribution in [0.3, 0.4) is 0 Å². The SMILES string of the molecule is COc1ccc(CN2C(=O)CNc3ncc(C(=O)N4Cc5cccnc5C4)cc32)cc1. The van der Waals surface area contributed by atoms with Crippen LogP contribution < -0.4 is 15.0 Å². The van der Waals surface area contributed by atoms with Crippen LogP contribution in [0.1, 0.15) is 27.2 Å². The zero-order chi connectivity index (χ0) is 21.4. The lowest BCUT2D eigenvalue weighted by molar-refractivity contribution is -0.117. The average Bonchev–Trinajstić information content (AvgIpc) is 3.25. The second kappa shape index (κ2) is 7.71. The van der Waals surface area contributed by atoms with E-state index in [0.29, 0.717) is 36.7 Å². The number of ether oxygens (including phenoxy) is 1. The van der Waals surface area contributed by atoms with Gasteiger partial charge in [-0.2, -0.15) is 0 Å². The fraction of sp³-hybridized carbons (Fsp3) is 0.217. The van der Waals surface area contributed by atoms with E-state index in [2.05, 4.69) is 15.3 Å². The minimum absolute atomic E-state index is 0.0764. The topological polar surface area (TPSA) is 87.7 Å². The lowest BCUT2D eigenvalue weighted by atomic mass is 10.1. The molecule has 0 saturated carbocycles. The number of methoxy groups -OCH3 is 1. The van der Waals surface area contributed by atoms with Crippen LogP contribution in [0.5, 0.6) is 5.75 Å². The minimum atomic E-state index is -0.129. The number of nitrogens with zero attached hydrogens (tertiary/aromatic N) is 4. The lowest BCUT2D eigenvalue weighted by Crippen LogP contribution is -2.40. The van der Waals surface area contributed by atoms with E-state index >= 15 is 0 Å². The molecule has 2 aliphatic rings. The van der Waals surface area contributed by atoms with Crippen LogP contribution in [-0.2, 0) is 24.4 Å². The number of benzene rings is 1. The first-order valence-electron chi connectivity index (χ1n) is 10.0. The van der Waals surface area contributed by atoms with E-state index in [0.717, 1.165) is 22.6 Å². The first-order chi connectivity index (χ1) is 15.1. The fourth-order valence-electron chi connectivity index (χ4n) is 3.91. The van der Waals surface area contributed by atoms with Crippen molar-refractivity contribution in [1.29, 1.82) is 0 Å². The highest BCUT2D eigenvalue weighted by atomic mass is 16.5. The molecular weight excluding hydrogens is 394 g/mol. The maximum absolute atomic E-state index is 13.1. The van der Waals surface area contributed by atoms with Crippen molar-refractivity contribution in [1.82, 2.24) is 14.9 Å². The Balaban J connectivity index is 1.41. The van der Waals surface area contributed by atoms with Gasteiger partial charge in [-0.15, -0.1) is 0 Å². The maximum atomic E-state index is 13.1. The van der Waals surface area contributed by atoms with Crippen molar-refractivity contribution in [2.45, 2.75) is 19.6 Å². The molecule has 0 fully saturated rings. The van der Waals surface area contributed by atoms with E-state index < -0.39 is 0 Å². The van der Waals surface area contributed by atoms with Crippen molar-refractivity contribution in [3.63, 3.8) is 0 Å². The molecule has 0 unspecified atom stereocenters. The van der Waals surface area contributed by atoms with E-state index in [-0.39, 0.29) is 18.4 Å². The standard InChI is InChI=1S/C23H21N5O3/c1-31-18-6-4-15(5-7-18)12-28-20-9-17(10-25-22(20)26-11-21(28)29)23(30)27-13-16-3-2-8-24-19(16)14-27/h2-10H,11-14H2,1H3,(H,25,26). The third-order valence-corrected chi connectivity index (χ3v) is 5.59. The molecule has 0 saturated heterocycles. The molecule has 0 aliphatic carbocycles. The zero-order valence-electron chi connectivity index (χ0n) is 17.0. The van der Waals surface area contributed by atoms with E-state index in [4.69, 9.17) is 4.74 Å². The smallest absolute Gasteiger partial charge is 0.256 e. The predicted molar refractivity (Wildman–Crippen MR) is 115 cm³/mol. The molecule has 0 radical (unpaired) electrons. The molecule has 156 valence electrons. The number of amides is 2. The zero-order valence-corrected chi connectivity index (χ0v) is 17.0. The molecule has 8 nitrogen and oxygen atoms in total. The van der Waals surface area contributed by atoms with Crippen molar-refractivity contribution in [3.05, 3.63) is 77.2 Å². The molecule has 2 aromatic heterocycles. The van der Waals surface area contributed by atoms with Gasteiger partial charge in [0.15, 0.2) is 5.82 Å². The highest BCUT2D eigenvalue weighted by Gasteiger charge is 2.29. The van der Waals surface area contributed by atoms with Crippen molar-refractivity contribution < 1.29 is 14.3 Å². The van der Waals surface area contributed by atoms with Gasteiger partial charge in [0, 0.05) is 18.9 Å². The number of carbonyl (C=O) groups excluding carboxylic acids is 2. The number of aromatic nitrogens is 2. The van der Waals surface area contributed by atoms with Gasteiger partial charge in [0.2, 0.25) is 5.91 Å². The van der Waals surface area contributed by atoms with Crippen LogP contribution in [0, 0.1) is 0 Å². The fourth-order valence-corrected chi connectivity index (χ4v) is 3.91. The van der Waals surface area contributed by atoms with Crippen molar-refractivity contribution in [3.8, 4) is 5.75 Å². The van der Waals surface area contributed by atoms with Crippen molar-refractivity contribution in [2.75, 3.05) is 23.9 Å². The van der Waals surface area contributed by atoms with Crippen LogP contribution in [-0.4, -0.2) is 40.3 Å². The Bertz CT molecular complexity index is 1140. The first-order valence-corrected chi connectivity index (χ1v) is 10.0. The molecule has 2 amide bonds. The number of pyridine rings is 2. The third kappa shape index (κ3) is 3.56. The first kappa shape index (κ1) is 19.0. The monoisotopic (exact) mass is 415 g/mol. The normalized spacial score (nSPS) is 14.7. The van der Waals surface area contributed by atoms with E-state index in [9.17, 15) is 9.59 Å². The van der Waals surface area contributed by atoms with Gasteiger partial charge in [-0.1, -0.05) is 18.2 Å². The summed E-state index contributed by atoms with van der Waals surface area (Å²) in [6, 6.07) is 13.2. The van der Waals surface area contributed by atoms with Crippen LogP contribution in [0.15, 0.2) is 54.9 Å². The predicted octanol–water partition coefficient (Wildman–Crippen LogP) is 2.60. The number of anilines is 2. The molecule has 2 aliphatic heterocycles. The molecule has 3 aromatic rings. The van der Waals surface area contributed by atoms with Gasteiger partial charge in [-0.3, -0.25) is 14.6 Å². The van der Waals surface area contributed by atoms with Crippen molar-refractivity contribution in [2.24, 2.45) is 0 Å². The summed E-state index contributed by atoms with van der Waals surface area (Å²) in [7, 11) is 1.62. The number of nitrogens with one attached hydrogen (secondary N) is 1. The Hall–Kier alpha value is -3.94. The van der Waals surface area contributed by atoms with Crippen LogP contribution in [0.2, 0.25) is 0 Å². The van der Waals surface area contributed by atoms with Gasteiger partial charge >= 0.3 is 0 Å². The lowest BCUT2D eigenvalue weighted by Gasteiger charge is -2.30. The molecule has 0 bridgehead atoms. The van der Waals surface area contributed by atoms with E-state index in [1.807, 2.05) is 36.4 Å². The largest absolute Gasteiger partial charge is 0.497 e. The van der Waals surface area contributed by atoms with Crippen LogP contribution >= 0.6 is 0 Å². The Morgan fingerprint density at radius 2 is 2.00 bits per heavy atom. The summed E-state index contributed by atoms with van der Waals surface area (Å²) in [5.74, 6) is 1.14. The van der Waals surface area contributed by atoms with Crippen LogP contribution in [0.25, 0.3) is 0 Å². The third-order valence-electron chi connectivity index (χ3n) is 5.59. The summed E-state index contributed by atoms with van der Waals surface area (Å²) >= 11 is 0. The van der Waals surface area contributed by atoms with E-state index in [1.165, 1.54) is 0 Å². The van der Waals surface area contributed by atoms with Crippen LogP contribution in [0.4, 0.5) is 11.5 Å². The average molecular weight is 415 g/mol. The summed E-state index contributed by atoms with van der Waals surface area (Å²) in [5.41, 5.74) is 3.98.